The summed E-state index contributed by atoms with van der Waals surface area (Å²) in [7, 11) is 0. The van der Waals surface area contributed by atoms with Gasteiger partial charge in [0.1, 0.15) is 24.0 Å². The molecule has 0 heterocycles. The number of rotatable bonds is 4. The molecule has 0 aromatic heterocycles. The monoisotopic (exact) mass is 341 g/mol. The van der Waals surface area contributed by atoms with Gasteiger partial charge in [0.25, 0.3) is 0 Å². The topological polar surface area (TPSA) is 35.2 Å². The Labute approximate surface area is 124 Å². The Hall–Kier alpha value is -1.46. The number of nitrogens with two attached hydrogens (primary N) is 1. The lowest BCUT2D eigenvalue weighted by Crippen LogP contribution is -2.08. The highest BCUT2D eigenvalue weighted by Gasteiger charge is 2.09. The highest BCUT2D eigenvalue weighted by molar-refractivity contribution is 9.10. The third-order valence-electron chi connectivity index (χ3n) is 2.78. The molecule has 0 amide bonds. The summed E-state index contributed by atoms with van der Waals surface area (Å²) in [6.07, 6.45) is 0. The van der Waals surface area contributed by atoms with E-state index in [-0.39, 0.29) is 12.6 Å². The fraction of sp³-hybridized carbons (Fsp3) is 0.200. The van der Waals surface area contributed by atoms with E-state index in [0.717, 1.165) is 16.1 Å². The second-order valence-corrected chi connectivity index (χ2v) is 5.45. The molecular weight excluding hydrogens is 328 g/mol. The molecule has 2 N–H and O–H groups in total. The first kappa shape index (κ1) is 14.9. The average molecular weight is 342 g/mol. The molecule has 0 aliphatic carbocycles. The van der Waals surface area contributed by atoms with Crippen molar-refractivity contribution in [1.29, 1.82) is 0 Å². The fourth-order valence-corrected chi connectivity index (χ4v) is 2.24. The van der Waals surface area contributed by atoms with Gasteiger partial charge >= 0.3 is 0 Å². The van der Waals surface area contributed by atoms with Crippen LogP contribution in [0.5, 0.6) is 5.75 Å². The Morgan fingerprint density at radius 3 is 2.40 bits per heavy atom. The molecule has 0 saturated carbocycles. The Morgan fingerprint density at radius 1 is 1.15 bits per heavy atom. The van der Waals surface area contributed by atoms with E-state index in [0.29, 0.717) is 11.3 Å². The van der Waals surface area contributed by atoms with Crippen molar-refractivity contribution >= 4 is 15.9 Å². The number of ether oxygens (including phenoxy) is 1. The average Bonchev–Trinajstić information content (AvgIpc) is 2.36. The SMILES string of the molecule is CC(N)c1cc(Br)ccc1OCc1cc(F)cc(F)c1. The molecule has 1 atom stereocenters. The summed E-state index contributed by atoms with van der Waals surface area (Å²) in [5, 5.41) is 0. The van der Waals surface area contributed by atoms with E-state index in [1.54, 1.807) is 6.07 Å². The molecule has 106 valence electrons. The molecule has 20 heavy (non-hydrogen) atoms. The summed E-state index contributed by atoms with van der Waals surface area (Å²) in [4.78, 5) is 0. The molecule has 0 saturated heterocycles. The highest BCUT2D eigenvalue weighted by Crippen LogP contribution is 2.28. The van der Waals surface area contributed by atoms with Crippen molar-refractivity contribution in [3.05, 3.63) is 63.6 Å². The molecule has 0 radical (unpaired) electrons. The second-order valence-electron chi connectivity index (χ2n) is 4.54. The molecule has 5 heteroatoms. The van der Waals surface area contributed by atoms with E-state index >= 15 is 0 Å². The van der Waals surface area contributed by atoms with Gasteiger partial charge in [0.05, 0.1) is 0 Å². The van der Waals surface area contributed by atoms with Gasteiger partial charge in [0, 0.05) is 22.1 Å². The van der Waals surface area contributed by atoms with E-state index in [2.05, 4.69) is 15.9 Å². The summed E-state index contributed by atoms with van der Waals surface area (Å²) in [6, 6.07) is 8.59. The number of benzene rings is 2. The molecule has 2 aromatic carbocycles. The van der Waals surface area contributed by atoms with Gasteiger partial charge in [0.2, 0.25) is 0 Å². The van der Waals surface area contributed by atoms with Crippen molar-refractivity contribution in [3.8, 4) is 5.75 Å². The zero-order valence-electron chi connectivity index (χ0n) is 10.9. The first-order valence-corrected chi connectivity index (χ1v) is 6.88. The third kappa shape index (κ3) is 3.77. The van der Waals surface area contributed by atoms with Gasteiger partial charge in [-0.2, -0.15) is 0 Å². The maximum Gasteiger partial charge on any atom is 0.126 e. The van der Waals surface area contributed by atoms with E-state index in [4.69, 9.17) is 10.5 Å². The van der Waals surface area contributed by atoms with Crippen LogP contribution in [0.1, 0.15) is 24.1 Å². The third-order valence-corrected chi connectivity index (χ3v) is 3.27. The van der Waals surface area contributed by atoms with Gasteiger partial charge in [-0.25, -0.2) is 8.78 Å². The molecule has 0 aliphatic rings. The normalized spacial score (nSPS) is 12.2. The summed E-state index contributed by atoms with van der Waals surface area (Å²) < 4.78 is 32.7. The first-order chi connectivity index (χ1) is 9.45. The van der Waals surface area contributed by atoms with Gasteiger partial charge in [0.15, 0.2) is 0 Å². The Bertz CT molecular complexity index is 597. The van der Waals surface area contributed by atoms with E-state index in [1.165, 1.54) is 12.1 Å². The summed E-state index contributed by atoms with van der Waals surface area (Å²) in [5.41, 5.74) is 7.14. The Balaban J connectivity index is 2.18. The second kappa shape index (κ2) is 6.33. The lowest BCUT2D eigenvalue weighted by Gasteiger charge is -2.14. The van der Waals surface area contributed by atoms with Crippen molar-refractivity contribution in [2.24, 2.45) is 5.73 Å². The Morgan fingerprint density at radius 2 is 1.80 bits per heavy atom. The van der Waals surface area contributed by atoms with Crippen LogP contribution in [0.3, 0.4) is 0 Å². The summed E-state index contributed by atoms with van der Waals surface area (Å²) in [5.74, 6) is -0.633. The predicted molar refractivity (Wildman–Crippen MR) is 77.4 cm³/mol. The zero-order valence-corrected chi connectivity index (χ0v) is 12.5. The van der Waals surface area contributed by atoms with Gasteiger partial charge in [-0.05, 0) is 42.8 Å². The van der Waals surface area contributed by atoms with Crippen LogP contribution in [0.2, 0.25) is 0 Å². The summed E-state index contributed by atoms with van der Waals surface area (Å²) >= 11 is 3.37. The van der Waals surface area contributed by atoms with E-state index < -0.39 is 11.6 Å². The lowest BCUT2D eigenvalue weighted by molar-refractivity contribution is 0.300. The predicted octanol–water partition coefficient (Wildman–Crippen LogP) is 4.33. The van der Waals surface area contributed by atoms with Gasteiger partial charge < -0.3 is 10.5 Å². The van der Waals surface area contributed by atoms with Crippen LogP contribution >= 0.6 is 15.9 Å². The van der Waals surface area contributed by atoms with Gasteiger partial charge in [-0.3, -0.25) is 0 Å². The van der Waals surface area contributed by atoms with Crippen molar-refractivity contribution in [2.75, 3.05) is 0 Å². The maximum absolute atomic E-state index is 13.1. The standard InChI is InChI=1S/C15H14BrF2NO/c1-9(19)14-6-11(16)2-3-15(14)20-8-10-4-12(17)7-13(18)5-10/h2-7,9H,8,19H2,1H3. The van der Waals surface area contributed by atoms with Crippen molar-refractivity contribution in [2.45, 2.75) is 19.6 Å². The van der Waals surface area contributed by atoms with Gasteiger partial charge in [-0.1, -0.05) is 15.9 Å². The van der Waals surface area contributed by atoms with Crippen LogP contribution in [0, 0.1) is 11.6 Å². The van der Waals surface area contributed by atoms with Crippen LogP contribution < -0.4 is 10.5 Å². The number of halogens is 3. The molecule has 0 fully saturated rings. The van der Waals surface area contributed by atoms with Crippen LogP contribution in [0.25, 0.3) is 0 Å². The smallest absolute Gasteiger partial charge is 0.126 e. The maximum atomic E-state index is 13.1. The Kier molecular flexibility index (Phi) is 4.73. The van der Waals surface area contributed by atoms with Crippen LogP contribution in [-0.4, -0.2) is 0 Å². The highest BCUT2D eigenvalue weighted by atomic mass is 79.9. The largest absolute Gasteiger partial charge is 0.489 e. The molecule has 0 spiro atoms. The minimum absolute atomic E-state index is 0.0794. The zero-order chi connectivity index (χ0) is 14.7. The molecule has 0 aliphatic heterocycles. The lowest BCUT2D eigenvalue weighted by atomic mass is 10.1. The molecular formula is C15H14BrF2NO. The van der Waals surface area contributed by atoms with Crippen molar-refractivity contribution in [1.82, 2.24) is 0 Å². The van der Waals surface area contributed by atoms with E-state index in [1.807, 2.05) is 19.1 Å². The number of hydrogen-bond donors (Lipinski definition) is 1. The summed E-state index contributed by atoms with van der Waals surface area (Å²) in [6.45, 7) is 1.92. The fourth-order valence-electron chi connectivity index (χ4n) is 1.86. The van der Waals surface area contributed by atoms with Crippen LogP contribution in [0.15, 0.2) is 40.9 Å². The van der Waals surface area contributed by atoms with Gasteiger partial charge in [-0.15, -0.1) is 0 Å². The van der Waals surface area contributed by atoms with Crippen molar-refractivity contribution < 1.29 is 13.5 Å². The molecule has 1 unspecified atom stereocenters. The molecule has 0 bridgehead atoms. The van der Waals surface area contributed by atoms with Crippen LogP contribution in [0.4, 0.5) is 8.78 Å². The minimum atomic E-state index is -0.619. The molecule has 2 nitrogen and oxygen atoms in total. The van der Waals surface area contributed by atoms with Crippen molar-refractivity contribution in [3.63, 3.8) is 0 Å². The van der Waals surface area contributed by atoms with Crippen LogP contribution in [-0.2, 0) is 6.61 Å². The molecule has 2 aromatic rings. The minimum Gasteiger partial charge on any atom is -0.489 e. The first-order valence-electron chi connectivity index (χ1n) is 6.08. The van der Waals surface area contributed by atoms with E-state index in [9.17, 15) is 8.78 Å². The molecule has 2 rings (SSSR count). The quantitative estimate of drug-likeness (QED) is 0.898. The number of hydrogen-bond acceptors (Lipinski definition) is 2.